The standard InChI is InChI=1S/C6H10O6Si.C4H12N/c1-4(7)10-13(11-5(2)8)12-6(3)9;1-5(2,3)4/h13H,1-3H3;1-4H3/q;+1. The van der Waals surface area contributed by atoms with Crippen molar-refractivity contribution in [1.29, 1.82) is 0 Å². The number of quaternary nitrogens is 1. The summed E-state index contributed by atoms with van der Waals surface area (Å²) in [5, 5.41) is 0. The molecule has 0 aliphatic carbocycles. The second-order valence-electron chi connectivity index (χ2n) is 4.80. The van der Waals surface area contributed by atoms with Crippen LogP contribution in [0.5, 0.6) is 0 Å². The van der Waals surface area contributed by atoms with Gasteiger partial charge in [-0.25, -0.2) is 0 Å². The molecule has 0 bridgehead atoms. The number of carbonyl (C=O) groups excluding carboxylic acids is 3. The fourth-order valence-corrected chi connectivity index (χ4v) is 1.44. The highest BCUT2D eigenvalue weighted by molar-refractivity contribution is 6.43. The normalized spacial score (nSPS) is 10.0. The van der Waals surface area contributed by atoms with E-state index in [9.17, 15) is 14.4 Å². The minimum Gasteiger partial charge on any atom is -0.458 e. The van der Waals surface area contributed by atoms with Crippen LogP contribution in [-0.2, 0) is 27.7 Å². The summed E-state index contributed by atoms with van der Waals surface area (Å²) in [7, 11) is 5.54. The van der Waals surface area contributed by atoms with E-state index in [1.54, 1.807) is 0 Å². The molecule has 0 unspecified atom stereocenters. The molecule has 18 heavy (non-hydrogen) atoms. The lowest BCUT2D eigenvalue weighted by Crippen LogP contribution is -2.32. The minimum absolute atomic E-state index is 0.654. The molecule has 0 N–H and O–H groups in total. The summed E-state index contributed by atoms with van der Waals surface area (Å²) in [6.45, 7) is 3.40. The Kier molecular flexibility index (Phi) is 9.10. The first-order valence-corrected chi connectivity index (χ1v) is 6.63. The van der Waals surface area contributed by atoms with Crippen molar-refractivity contribution in [3.63, 3.8) is 0 Å². The predicted molar refractivity (Wildman–Crippen MR) is 66.4 cm³/mol. The number of nitrogens with zero attached hydrogens (tertiary/aromatic N) is 1. The summed E-state index contributed by atoms with van der Waals surface area (Å²) in [5.41, 5.74) is 0. The molecule has 0 fully saturated rings. The molecule has 7 nitrogen and oxygen atoms in total. The third-order valence-corrected chi connectivity index (χ3v) is 2.36. The molecule has 0 aromatic carbocycles. The minimum atomic E-state index is -2.96. The first-order chi connectivity index (χ1) is 7.91. The molecule has 0 saturated heterocycles. The molecule has 0 aromatic rings. The van der Waals surface area contributed by atoms with Crippen molar-refractivity contribution in [2.24, 2.45) is 0 Å². The van der Waals surface area contributed by atoms with Crippen LogP contribution in [0.25, 0.3) is 0 Å². The molecule has 0 aliphatic heterocycles. The monoisotopic (exact) mass is 280 g/mol. The van der Waals surface area contributed by atoms with E-state index in [1.807, 2.05) is 0 Å². The molecule has 106 valence electrons. The zero-order valence-electron chi connectivity index (χ0n) is 12.0. The summed E-state index contributed by atoms with van der Waals surface area (Å²) in [4.78, 5) is 31.3. The molecule has 0 atom stereocenters. The van der Waals surface area contributed by atoms with Crippen LogP contribution in [0.15, 0.2) is 0 Å². The zero-order chi connectivity index (χ0) is 14.9. The number of carbonyl (C=O) groups is 3. The summed E-state index contributed by atoms with van der Waals surface area (Å²) < 4.78 is 14.5. The van der Waals surface area contributed by atoms with Gasteiger partial charge in [0.1, 0.15) is 0 Å². The Morgan fingerprint density at radius 3 is 1.00 bits per heavy atom. The smallest absolute Gasteiger partial charge is 0.458 e. The van der Waals surface area contributed by atoms with E-state index in [0.29, 0.717) is 0 Å². The van der Waals surface area contributed by atoms with Gasteiger partial charge in [0.25, 0.3) is 17.9 Å². The maximum absolute atomic E-state index is 10.4. The van der Waals surface area contributed by atoms with E-state index in [1.165, 1.54) is 0 Å². The van der Waals surface area contributed by atoms with Crippen molar-refractivity contribution in [1.82, 2.24) is 0 Å². The lowest BCUT2D eigenvalue weighted by molar-refractivity contribution is -0.849. The van der Waals surface area contributed by atoms with Gasteiger partial charge in [0.2, 0.25) is 0 Å². The van der Waals surface area contributed by atoms with E-state index in [0.717, 1.165) is 25.3 Å². The fraction of sp³-hybridized carbons (Fsp3) is 0.700. The molecular weight excluding hydrogens is 258 g/mol. The van der Waals surface area contributed by atoms with Gasteiger partial charge < -0.3 is 17.8 Å². The molecule has 0 aromatic heterocycles. The Labute approximate surface area is 109 Å². The van der Waals surface area contributed by atoms with Gasteiger partial charge in [0, 0.05) is 20.8 Å². The average Bonchev–Trinajstić information content (AvgIpc) is 1.94. The van der Waals surface area contributed by atoms with Gasteiger partial charge >= 0.3 is 9.53 Å². The van der Waals surface area contributed by atoms with Crippen LogP contribution >= 0.6 is 0 Å². The van der Waals surface area contributed by atoms with E-state index in [-0.39, 0.29) is 0 Å². The van der Waals surface area contributed by atoms with Gasteiger partial charge in [-0.05, 0) is 0 Å². The maximum Gasteiger partial charge on any atom is 0.689 e. The number of rotatable bonds is 3. The van der Waals surface area contributed by atoms with Gasteiger partial charge in [-0.1, -0.05) is 0 Å². The van der Waals surface area contributed by atoms with Crippen molar-refractivity contribution < 1.29 is 32.1 Å². The third-order valence-electron chi connectivity index (χ3n) is 0.787. The van der Waals surface area contributed by atoms with Crippen molar-refractivity contribution in [3.05, 3.63) is 0 Å². The SMILES string of the molecule is CC(=O)O[SiH](OC(C)=O)OC(C)=O.C[N+](C)(C)C. The highest BCUT2D eigenvalue weighted by atomic mass is 28.3. The van der Waals surface area contributed by atoms with Gasteiger partial charge in [0.15, 0.2) is 0 Å². The largest absolute Gasteiger partial charge is 0.689 e. The van der Waals surface area contributed by atoms with Crippen LogP contribution in [0.3, 0.4) is 0 Å². The van der Waals surface area contributed by atoms with Crippen LogP contribution in [-0.4, -0.2) is 60.1 Å². The second kappa shape index (κ2) is 8.64. The van der Waals surface area contributed by atoms with Crippen molar-refractivity contribution in [3.8, 4) is 0 Å². The molecule has 0 rings (SSSR count). The number of hydrogen-bond acceptors (Lipinski definition) is 6. The van der Waals surface area contributed by atoms with E-state index in [4.69, 9.17) is 0 Å². The predicted octanol–water partition coefficient (Wildman–Crippen LogP) is -0.285. The molecule has 8 heteroatoms. The van der Waals surface area contributed by atoms with Gasteiger partial charge in [-0.2, -0.15) is 0 Å². The topological polar surface area (TPSA) is 78.9 Å². The van der Waals surface area contributed by atoms with Crippen LogP contribution < -0.4 is 0 Å². The van der Waals surface area contributed by atoms with Crippen molar-refractivity contribution in [2.75, 3.05) is 28.2 Å². The molecule has 0 amide bonds. The summed E-state index contributed by atoms with van der Waals surface area (Å²) in [6.07, 6.45) is 0. The fourth-order valence-electron chi connectivity index (χ4n) is 0.479. The zero-order valence-corrected chi connectivity index (χ0v) is 13.1. The van der Waals surface area contributed by atoms with Crippen molar-refractivity contribution in [2.45, 2.75) is 20.8 Å². The average molecular weight is 280 g/mol. The highest BCUT2D eigenvalue weighted by Gasteiger charge is 2.25. The Morgan fingerprint density at radius 2 is 0.889 bits per heavy atom. The molecule has 0 spiro atoms. The third kappa shape index (κ3) is 24.0. The lowest BCUT2D eigenvalue weighted by atomic mass is 10.8. The van der Waals surface area contributed by atoms with Crippen molar-refractivity contribution >= 4 is 27.4 Å². The Bertz CT molecular complexity index is 255. The molecule has 0 saturated carbocycles. The highest BCUT2D eigenvalue weighted by Crippen LogP contribution is 1.94. The Hall–Kier alpha value is -1.41. The first-order valence-electron chi connectivity index (χ1n) is 5.22. The molecule has 0 radical (unpaired) electrons. The molecule has 0 aliphatic rings. The van der Waals surface area contributed by atoms with Crippen LogP contribution in [0.2, 0.25) is 0 Å². The first kappa shape index (κ1) is 18.9. The van der Waals surface area contributed by atoms with Gasteiger partial charge in [0.05, 0.1) is 28.2 Å². The van der Waals surface area contributed by atoms with E-state index in [2.05, 4.69) is 41.5 Å². The number of hydrogen-bond donors (Lipinski definition) is 0. The second-order valence-corrected chi connectivity index (χ2v) is 6.08. The van der Waals surface area contributed by atoms with Crippen LogP contribution in [0.1, 0.15) is 20.8 Å². The molecule has 0 heterocycles. The van der Waals surface area contributed by atoms with E-state index < -0.39 is 27.4 Å². The molecular formula is C10H22NO6Si+. The lowest BCUT2D eigenvalue weighted by Gasteiger charge is -2.14. The Balaban J connectivity index is 0. The summed E-state index contributed by atoms with van der Waals surface area (Å²) in [5.74, 6) is -1.96. The summed E-state index contributed by atoms with van der Waals surface area (Å²) in [6, 6.07) is 0. The van der Waals surface area contributed by atoms with Gasteiger partial charge in [-0.3, -0.25) is 14.4 Å². The van der Waals surface area contributed by atoms with E-state index >= 15 is 0 Å². The summed E-state index contributed by atoms with van der Waals surface area (Å²) >= 11 is 0. The maximum atomic E-state index is 10.4. The quantitative estimate of drug-likeness (QED) is 0.522. The van der Waals surface area contributed by atoms with Crippen LogP contribution in [0.4, 0.5) is 0 Å². The van der Waals surface area contributed by atoms with Crippen LogP contribution in [0, 0.1) is 0 Å². The Morgan fingerprint density at radius 1 is 0.722 bits per heavy atom. The van der Waals surface area contributed by atoms with Gasteiger partial charge in [-0.15, -0.1) is 0 Å².